The number of aromatic nitrogens is 3. The highest BCUT2D eigenvalue weighted by molar-refractivity contribution is 7.89. The van der Waals surface area contributed by atoms with Crippen LogP contribution in [0.2, 0.25) is 0 Å². The Morgan fingerprint density at radius 2 is 2.03 bits per heavy atom. The number of fused-ring (bicyclic) bond motifs is 1. The van der Waals surface area contributed by atoms with Crippen LogP contribution in [-0.2, 0) is 10.0 Å². The fraction of sp³-hybridized carbons (Fsp3) is 0.526. The molecule has 1 N–H and O–H groups in total. The van der Waals surface area contributed by atoms with Crippen molar-refractivity contribution in [2.45, 2.75) is 25.4 Å². The van der Waals surface area contributed by atoms with Crippen LogP contribution in [0.1, 0.15) is 19.3 Å². The molecule has 1 saturated heterocycles. The number of piperidine rings is 1. The SMILES string of the molecule is C[N+]1(c2ncnc3[nH]ccc23)C=C=C(CS(=O)(=O)N2CCC(C(F)(F)F)CC2)CC1. The normalized spacial score (nSPS) is 24.3. The summed E-state index contributed by atoms with van der Waals surface area (Å²) in [5.41, 5.74) is 4.46. The van der Waals surface area contributed by atoms with Gasteiger partial charge in [0.1, 0.15) is 23.6 Å². The Bertz CT molecular complexity index is 1110. The molecule has 0 bridgehead atoms. The summed E-state index contributed by atoms with van der Waals surface area (Å²) in [5.74, 6) is -0.845. The molecule has 4 rings (SSSR count). The molecule has 1 atom stereocenters. The van der Waals surface area contributed by atoms with Gasteiger partial charge >= 0.3 is 6.18 Å². The number of halogens is 3. The molecule has 30 heavy (non-hydrogen) atoms. The second-order valence-electron chi connectivity index (χ2n) is 8.03. The minimum absolute atomic E-state index is 0.0936. The van der Waals surface area contributed by atoms with E-state index in [1.807, 2.05) is 13.1 Å². The first kappa shape index (κ1) is 21.0. The van der Waals surface area contributed by atoms with Crippen molar-refractivity contribution in [3.8, 4) is 0 Å². The molecule has 162 valence electrons. The molecule has 2 aromatic heterocycles. The van der Waals surface area contributed by atoms with Gasteiger partial charge in [-0.1, -0.05) is 5.73 Å². The van der Waals surface area contributed by atoms with Crippen LogP contribution in [0.5, 0.6) is 0 Å². The van der Waals surface area contributed by atoms with Gasteiger partial charge in [0.25, 0.3) is 0 Å². The van der Waals surface area contributed by atoms with E-state index in [4.69, 9.17) is 0 Å². The van der Waals surface area contributed by atoms with Crippen LogP contribution in [0.25, 0.3) is 11.0 Å². The van der Waals surface area contributed by atoms with Gasteiger partial charge in [0, 0.05) is 25.7 Å². The Morgan fingerprint density at radius 3 is 2.67 bits per heavy atom. The second kappa shape index (κ2) is 7.49. The fourth-order valence-corrected chi connectivity index (χ4v) is 5.67. The predicted octanol–water partition coefficient (Wildman–Crippen LogP) is 2.94. The molecule has 0 radical (unpaired) electrons. The van der Waals surface area contributed by atoms with Gasteiger partial charge in [0.15, 0.2) is 0 Å². The third-order valence-electron chi connectivity index (χ3n) is 5.92. The average molecular weight is 442 g/mol. The van der Waals surface area contributed by atoms with Gasteiger partial charge < -0.3 is 4.98 Å². The maximum Gasteiger partial charge on any atom is 0.391 e. The monoisotopic (exact) mass is 442 g/mol. The van der Waals surface area contributed by atoms with E-state index >= 15 is 0 Å². The number of nitrogens with zero attached hydrogens (tertiary/aromatic N) is 4. The Labute approximate surface area is 172 Å². The van der Waals surface area contributed by atoms with E-state index in [1.165, 1.54) is 10.6 Å². The summed E-state index contributed by atoms with van der Waals surface area (Å²) in [4.78, 5) is 11.7. The van der Waals surface area contributed by atoms with Crippen molar-refractivity contribution in [3.05, 3.63) is 36.1 Å². The second-order valence-corrected chi connectivity index (χ2v) is 10.00. The van der Waals surface area contributed by atoms with E-state index in [9.17, 15) is 21.6 Å². The van der Waals surface area contributed by atoms with Gasteiger partial charge in [-0.3, -0.25) is 0 Å². The summed E-state index contributed by atoms with van der Waals surface area (Å²) >= 11 is 0. The van der Waals surface area contributed by atoms with E-state index in [2.05, 4.69) is 20.7 Å². The van der Waals surface area contributed by atoms with Crippen LogP contribution < -0.4 is 4.48 Å². The minimum atomic E-state index is -4.27. The van der Waals surface area contributed by atoms with Gasteiger partial charge in [-0.15, -0.1) is 0 Å². The molecule has 1 fully saturated rings. The summed E-state index contributed by atoms with van der Waals surface area (Å²) in [6.45, 7) is 0.415. The zero-order valence-corrected chi connectivity index (χ0v) is 17.3. The van der Waals surface area contributed by atoms with Crippen LogP contribution in [-0.4, -0.2) is 66.3 Å². The van der Waals surface area contributed by atoms with E-state index in [0.29, 0.717) is 23.0 Å². The molecule has 0 amide bonds. The molecule has 1 unspecified atom stereocenters. The Balaban J connectivity index is 1.50. The highest BCUT2D eigenvalue weighted by atomic mass is 32.2. The lowest BCUT2D eigenvalue weighted by Crippen LogP contribution is -2.44. The summed E-state index contributed by atoms with van der Waals surface area (Å²) in [5, 5.41) is 0.890. The number of alkyl halides is 3. The lowest BCUT2D eigenvalue weighted by molar-refractivity contribution is -0.182. The maximum atomic E-state index is 12.8. The smallest absolute Gasteiger partial charge is 0.346 e. The molecular weight excluding hydrogens is 419 g/mol. The number of aromatic amines is 1. The zero-order valence-electron chi connectivity index (χ0n) is 16.5. The van der Waals surface area contributed by atoms with Crippen LogP contribution in [0.3, 0.4) is 0 Å². The van der Waals surface area contributed by atoms with Crippen molar-refractivity contribution >= 4 is 26.9 Å². The lowest BCUT2D eigenvalue weighted by atomic mass is 9.98. The quantitative estimate of drug-likeness (QED) is 0.583. The molecule has 4 heterocycles. The molecule has 0 saturated carbocycles. The summed E-state index contributed by atoms with van der Waals surface area (Å²) in [6, 6.07) is 1.90. The Morgan fingerprint density at radius 1 is 1.30 bits per heavy atom. The number of hydrogen-bond acceptors (Lipinski definition) is 4. The van der Waals surface area contributed by atoms with Crippen molar-refractivity contribution in [1.82, 2.24) is 23.7 Å². The Hall–Kier alpha value is -2.20. The van der Waals surface area contributed by atoms with Crippen LogP contribution in [0.15, 0.2) is 36.1 Å². The predicted molar refractivity (Wildman–Crippen MR) is 107 cm³/mol. The number of quaternary nitrogens is 1. The molecule has 7 nitrogen and oxygen atoms in total. The Kier molecular flexibility index (Phi) is 5.26. The standard InChI is InChI=1S/C19H23F3N5O2S/c1-27(18-16-2-7-23-17(16)24-13-25-18)10-5-14(6-11-27)12-30(28,29)26-8-3-15(4-9-26)19(20,21)22/h2,7,11,13,15H,3-5,8-10,12H2,1H3,(H,23,24,25)/q+1. The zero-order chi connectivity index (χ0) is 21.6. The van der Waals surface area contributed by atoms with Gasteiger partial charge in [0.2, 0.25) is 15.8 Å². The molecule has 2 aliphatic rings. The number of nitrogens with one attached hydrogen (secondary N) is 1. The summed E-state index contributed by atoms with van der Waals surface area (Å²) in [7, 11) is -1.70. The molecule has 11 heteroatoms. The fourth-order valence-electron chi connectivity index (χ4n) is 4.06. The minimum Gasteiger partial charge on any atom is -0.346 e. The van der Waals surface area contributed by atoms with E-state index in [-0.39, 0.29) is 31.7 Å². The number of H-pyrrole nitrogens is 1. The third-order valence-corrected chi connectivity index (χ3v) is 7.78. The van der Waals surface area contributed by atoms with Crippen molar-refractivity contribution < 1.29 is 21.6 Å². The third kappa shape index (κ3) is 4.02. The van der Waals surface area contributed by atoms with E-state index < -0.39 is 22.1 Å². The molecule has 0 aliphatic carbocycles. The summed E-state index contributed by atoms with van der Waals surface area (Å²) < 4.78 is 65.5. The average Bonchev–Trinajstić information content (AvgIpc) is 3.18. The van der Waals surface area contributed by atoms with Crippen molar-refractivity contribution in [2.24, 2.45) is 5.92 Å². The van der Waals surface area contributed by atoms with Crippen molar-refractivity contribution in [3.63, 3.8) is 0 Å². The molecule has 0 spiro atoms. The number of rotatable bonds is 4. The van der Waals surface area contributed by atoms with Gasteiger partial charge in [-0.05, 0) is 24.5 Å². The lowest BCUT2D eigenvalue weighted by Gasteiger charge is -2.33. The topological polar surface area (TPSA) is 79.0 Å². The first-order valence-corrected chi connectivity index (χ1v) is 11.3. The van der Waals surface area contributed by atoms with E-state index in [1.54, 1.807) is 12.4 Å². The van der Waals surface area contributed by atoms with Crippen LogP contribution in [0, 0.1) is 5.92 Å². The molecule has 2 aliphatic heterocycles. The molecule has 0 aromatic carbocycles. The van der Waals surface area contributed by atoms with Crippen LogP contribution in [0.4, 0.5) is 19.0 Å². The van der Waals surface area contributed by atoms with Crippen molar-refractivity contribution in [2.75, 3.05) is 32.4 Å². The largest absolute Gasteiger partial charge is 0.391 e. The number of sulfonamides is 1. The summed E-state index contributed by atoms with van der Waals surface area (Å²) in [6.07, 6.45) is 0.928. The van der Waals surface area contributed by atoms with Gasteiger partial charge in [-0.25, -0.2) is 22.2 Å². The highest BCUT2D eigenvalue weighted by Gasteiger charge is 2.43. The van der Waals surface area contributed by atoms with Gasteiger partial charge in [-0.2, -0.15) is 18.2 Å². The van der Waals surface area contributed by atoms with E-state index in [0.717, 1.165) is 16.9 Å². The maximum absolute atomic E-state index is 12.8. The van der Waals surface area contributed by atoms with Gasteiger partial charge in [0.05, 0.1) is 25.3 Å². The molecular formula is C19H23F3N5O2S+. The first-order chi connectivity index (χ1) is 14.1. The highest BCUT2D eigenvalue weighted by Crippen LogP contribution is 2.35. The first-order valence-electron chi connectivity index (χ1n) is 9.72. The molecule has 2 aromatic rings. The van der Waals surface area contributed by atoms with Crippen LogP contribution >= 0.6 is 0 Å². The van der Waals surface area contributed by atoms with Crippen molar-refractivity contribution in [1.29, 1.82) is 0 Å². The number of hydrogen-bond donors (Lipinski definition) is 1.